The van der Waals surface area contributed by atoms with Crippen LogP contribution in [0.2, 0.25) is 0 Å². The maximum Gasteiger partial charge on any atom is 0.307 e. The fraction of sp³-hybridized carbons (Fsp3) is 0.273. The first-order valence-electron chi connectivity index (χ1n) is 5.17. The minimum absolute atomic E-state index is 0.00255. The average molecular weight is 235 g/mol. The van der Waals surface area contributed by atoms with E-state index < -0.39 is 12.3 Å². The molecule has 1 aromatic carbocycles. The summed E-state index contributed by atoms with van der Waals surface area (Å²) in [6, 6.07) is 7.19. The number of aliphatic imine (C=N–C) groups is 1. The number of nitrogens with one attached hydrogen (secondary N) is 2. The van der Waals surface area contributed by atoms with Crippen LogP contribution in [0.25, 0.3) is 0 Å². The normalized spacial score (nSPS) is 18.6. The maximum atomic E-state index is 10.6. The first-order valence-corrected chi connectivity index (χ1v) is 5.17. The molecule has 0 aliphatic carbocycles. The SMILES string of the molecule is CNC1N=C(c2cccc(CC(=O)O)c2)NO1. The van der Waals surface area contributed by atoms with Crippen molar-refractivity contribution in [3.05, 3.63) is 35.4 Å². The molecule has 0 radical (unpaired) electrons. The summed E-state index contributed by atoms with van der Waals surface area (Å²) in [4.78, 5) is 19.9. The Balaban J connectivity index is 2.19. The van der Waals surface area contributed by atoms with E-state index >= 15 is 0 Å². The highest BCUT2D eigenvalue weighted by Gasteiger charge is 2.17. The van der Waals surface area contributed by atoms with Crippen molar-refractivity contribution in [2.75, 3.05) is 7.05 Å². The van der Waals surface area contributed by atoms with E-state index in [4.69, 9.17) is 9.94 Å². The predicted octanol–water partition coefficient (Wildman–Crippen LogP) is 0.0981. The van der Waals surface area contributed by atoms with E-state index in [0.717, 1.165) is 11.1 Å². The summed E-state index contributed by atoms with van der Waals surface area (Å²) in [6.45, 7) is 0. The molecule has 6 nitrogen and oxygen atoms in total. The number of hydroxylamine groups is 1. The fourth-order valence-corrected chi connectivity index (χ4v) is 1.54. The van der Waals surface area contributed by atoms with Crippen molar-refractivity contribution in [2.24, 2.45) is 4.99 Å². The summed E-state index contributed by atoms with van der Waals surface area (Å²) >= 11 is 0. The van der Waals surface area contributed by atoms with E-state index in [-0.39, 0.29) is 6.42 Å². The molecule has 0 aromatic heterocycles. The highest BCUT2D eigenvalue weighted by Crippen LogP contribution is 2.10. The van der Waals surface area contributed by atoms with Gasteiger partial charge in [-0.15, -0.1) is 0 Å². The van der Waals surface area contributed by atoms with Crippen LogP contribution in [0.3, 0.4) is 0 Å². The van der Waals surface area contributed by atoms with Crippen molar-refractivity contribution in [1.82, 2.24) is 10.8 Å². The molecule has 1 unspecified atom stereocenters. The van der Waals surface area contributed by atoms with Gasteiger partial charge in [0.05, 0.1) is 6.42 Å². The summed E-state index contributed by atoms with van der Waals surface area (Å²) in [6.07, 6.45) is -0.412. The van der Waals surface area contributed by atoms with Crippen molar-refractivity contribution in [3.8, 4) is 0 Å². The van der Waals surface area contributed by atoms with Crippen molar-refractivity contribution in [3.63, 3.8) is 0 Å². The summed E-state index contributed by atoms with van der Waals surface area (Å²) in [5.41, 5.74) is 4.23. The highest BCUT2D eigenvalue weighted by molar-refractivity contribution is 5.99. The topological polar surface area (TPSA) is 83.0 Å². The Morgan fingerprint density at radius 2 is 2.47 bits per heavy atom. The Labute approximate surface area is 98.3 Å². The molecule has 1 heterocycles. The Bertz CT molecular complexity index is 459. The molecule has 6 heteroatoms. The van der Waals surface area contributed by atoms with Crippen LogP contribution in [-0.4, -0.2) is 30.3 Å². The van der Waals surface area contributed by atoms with Gasteiger partial charge >= 0.3 is 5.97 Å². The van der Waals surface area contributed by atoms with Crippen molar-refractivity contribution in [2.45, 2.75) is 12.8 Å². The molecule has 2 rings (SSSR count). The third-order valence-electron chi connectivity index (χ3n) is 2.32. The van der Waals surface area contributed by atoms with Gasteiger partial charge in [-0.3, -0.25) is 10.1 Å². The largest absolute Gasteiger partial charge is 0.481 e. The van der Waals surface area contributed by atoms with Crippen LogP contribution >= 0.6 is 0 Å². The fourth-order valence-electron chi connectivity index (χ4n) is 1.54. The molecular weight excluding hydrogens is 222 g/mol. The lowest BCUT2D eigenvalue weighted by Crippen LogP contribution is -2.26. The number of nitrogens with zero attached hydrogens (tertiary/aromatic N) is 1. The van der Waals surface area contributed by atoms with Crippen molar-refractivity contribution in [1.29, 1.82) is 0 Å². The average Bonchev–Trinajstić information content (AvgIpc) is 2.77. The smallest absolute Gasteiger partial charge is 0.307 e. The molecule has 90 valence electrons. The van der Waals surface area contributed by atoms with Crippen LogP contribution in [0.4, 0.5) is 0 Å². The summed E-state index contributed by atoms with van der Waals surface area (Å²) in [7, 11) is 1.74. The minimum Gasteiger partial charge on any atom is -0.481 e. The third-order valence-corrected chi connectivity index (χ3v) is 2.32. The number of aliphatic carboxylic acids is 1. The van der Waals surface area contributed by atoms with Gasteiger partial charge in [0.2, 0.25) is 6.35 Å². The van der Waals surface area contributed by atoms with Crippen LogP contribution < -0.4 is 10.8 Å². The van der Waals surface area contributed by atoms with E-state index in [2.05, 4.69) is 15.8 Å². The molecule has 0 fully saturated rings. The molecule has 0 saturated carbocycles. The quantitative estimate of drug-likeness (QED) is 0.689. The molecule has 0 spiro atoms. The lowest BCUT2D eigenvalue weighted by atomic mass is 10.1. The van der Waals surface area contributed by atoms with Gasteiger partial charge in [-0.05, 0) is 18.7 Å². The van der Waals surface area contributed by atoms with Crippen molar-refractivity contribution >= 4 is 11.8 Å². The van der Waals surface area contributed by atoms with Crippen LogP contribution in [0, 0.1) is 0 Å². The number of carboxylic acid groups (broad SMARTS) is 1. The second-order valence-electron chi connectivity index (χ2n) is 3.61. The molecule has 1 aliphatic heterocycles. The number of hydrogen-bond donors (Lipinski definition) is 3. The van der Waals surface area contributed by atoms with Crippen LogP contribution in [0.1, 0.15) is 11.1 Å². The minimum atomic E-state index is -0.854. The Morgan fingerprint density at radius 1 is 1.65 bits per heavy atom. The molecule has 1 aliphatic rings. The number of amidine groups is 1. The van der Waals surface area contributed by atoms with Gasteiger partial charge in [-0.25, -0.2) is 15.3 Å². The monoisotopic (exact) mass is 235 g/mol. The summed E-state index contributed by atoms with van der Waals surface area (Å²) in [5.74, 6) is -0.260. The van der Waals surface area contributed by atoms with Gasteiger partial charge in [0.1, 0.15) is 0 Å². The van der Waals surface area contributed by atoms with Gasteiger partial charge in [-0.2, -0.15) is 0 Å². The highest BCUT2D eigenvalue weighted by atomic mass is 16.7. The molecule has 17 heavy (non-hydrogen) atoms. The van der Waals surface area contributed by atoms with Gasteiger partial charge in [0.25, 0.3) is 0 Å². The molecular formula is C11H13N3O3. The number of carboxylic acids is 1. The van der Waals surface area contributed by atoms with Gasteiger partial charge in [-0.1, -0.05) is 18.2 Å². The molecule has 0 bridgehead atoms. The second-order valence-corrected chi connectivity index (χ2v) is 3.61. The van der Waals surface area contributed by atoms with Crippen LogP contribution in [0.5, 0.6) is 0 Å². The standard InChI is InChI=1S/C11H13N3O3/c1-12-11-13-10(14-17-11)8-4-2-3-7(5-8)6-9(15)16/h2-5,11-12H,6H2,1H3,(H,13,14)(H,15,16). The molecule has 3 N–H and O–H groups in total. The van der Waals surface area contributed by atoms with E-state index in [1.807, 2.05) is 6.07 Å². The zero-order valence-corrected chi connectivity index (χ0v) is 9.30. The first-order chi connectivity index (χ1) is 8.19. The zero-order chi connectivity index (χ0) is 12.3. The lowest BCUT2D eigenvalue weighted by Gasteiger charge is -2.03. The number of hydrogen-bond acceptors (Lipinski definition) is 5. The number of rotatable bonds is 4. The molecule has 0 saturated heterocycles. The van der Waals surface area contributed by atoms with Crippen LogP contribution in [0.15, 0.2) is 29.3 Å². The summed E-state index contributed by atoms with van der Waals surface area (Å²) < 4.78 is 0. The van der Waals surface area contributed by atoms with Gasteiger partial charge in [0.15, 0.2) is 5.84 Å². The van der Waals surface area contributed by atoms with Crippen molar-refractivity contribution < 1.29 is 14.7 Å². The van der Waals surface area contributed by atoms with Gasteiger partial charge in [0, 0.05) is 5.56 Å². The predicted molar refractivity (Wildman–Crippen MR) is 61.4 cm³/mol. The number of carbonyl (C=O) groups is 1. The second kappa shape index (κ2) is 4.94. The molecule has 1 atom stereocenters. The third kappa shape index (κ3) is 2.80. The Morgan fingerprint density at radius 3 is 3.12 bits per heavy atom. The zero-order valence-electron chi connectivity index (χ0n) is 9.30. The van der Waals surface area contributed by atoms with E-state index in [0.29, 0.717) is 5.84 Å². The molecule has 1 aromatic rings. The first kappa shape index (κ1) is 11.6. The summed E-state index contributed by atoms with van der Waals surface area (Å²) in [5, 5.41) is 11.6. The van der Waals surface area contributed by atoms with E-state index in [9.17, 15) is 4.79 Å². The van der Waals surface area contributed by atoms with E-state index in [1.165, 1.54) is 0 Å². The maximum absolute atomic E-state index is 10.6. The van der Waals surface area contributed by atoms with E-state index in [1.54, 1.807) is 25.2 Å². The molecule has 0 amide bonds. The Hall–Kier alpha value is -1.92. The van der Waals surface area contributed by atoms with Gasteiger partial charge < -0.3 is 5.11 Å². The van der Waals surface area contributed by atoms with Crippen LogP contribution in [-0.2, 0) is 16.1 Å². The Kier molecular flexibility index (Phi) is 3.36. The lowest BCUT2D eigenvalue weighted by molar-refractivity contribution is -0.136. The number of benzene rings is 1.